The minimum atomic E-state index is -1.03. The Labute approximate surface area is 94.3 Å². The Hall–Kier alpha value is -1.58. The van der Waals surface area contributed by atoms with Crippen molar-refractivity contribution >= 4 is 11.9 Å². The van der Waals surface area contributed by atoms with E-state index in [2.05, 4.69) is 5.32 Å². The van der Waals surface area contributed by atoms with Gasteiger partial charge in [-0.3, -0.25) is 4.79 Å². The van der Waals surface area contributed by atoms with Gasteiger partial charge in [-0.05, 0) is 25.5 Å². The summed E-state index contributed by atoms with van der Waals surface area (Å²) in [5, 5.41) is 2.68. The Morgan fingerprint density at radius 1 is 1.56 bits per heavy atom. The van der Waals surface area contributed by atoms with Gasteiger partial charge in [0, 0.05) is 11.5 Å². The van der Waals surface area contributed by atoms with E-state index < -0.39 is 11.5 Å². The molecule has 4 nitrogen and oxygen atoms in total. The van der Waals surface area contributed by atoms with E-state index in [4.69, 9.17) is 4.74 Å². The number of methoxy groups -OCH3 is 1. The van der Waals surface area contributed by atoms with Crippen molar-refractivity contribution in [2.75, 3.05) is 7.11 Å². The van der Waals surface area contributed by atoms with Crippen LogP contribution in [0.2, 0.25) is 0 Å². The molecule has 0 saturated carbocycles. The number of carbonyl (C=O) groups excluding carboxylic acids is 2. The van der Waals surface area contributed by atoms with Crippen molar-refractivity contribution in [2.45, 2.75) is 26.3 Å². The minimum absolute atomic E-state index is 0.180. The number of carbonyl (C=O) groups is 2. The fraction of sp³-hybridized carbons (Fsp3) is 0.500. The van der Waals surface area contributed by atoms with Gasteiger partial charge in [-0.2, -0.15) is 0 Å². The third kappa shape index (κ3) is 1.22. The number of amides is 1. The van der Waals surface area contributed by atoms with Gasteiger partial charge in [0.2, 0.25) is 0 Å². The molecule has 1 aliphatic heterocycles. The zero-order valence-corrected chi connectivity index (χ0v) is 9.88. The first kappa shape index (κ1) is 10.9. The molecule has 4 heteroatoms. The van der Waals surface area contributed by atoms with E-state index in [1.54, 1.807) is 13.0 Å². The predicted molar refractivity (Wildman–Crippen MR) is 58.5 cm³/mol. The van der Waals surface area contributed by atoms with Crippen LogP contribution in [0.15, 0.2) is 22.8 Å². The highest BCUT2D eigenvalue weighted by Crippen LogP contribution is 2.43. The van der Waals surface area contributed by atoms with Crippen molar-refractivity contribution in [1.29, 1.82) is 0 Å². The molecule has 0 aromatic rings. The van der Waals surface area contributed by atoms with Gasteiger partial charge in [0.15, 0.2) is 5.54 Å². The molecule has 2 unspecified atom stereocenters. The molecular weight excluding hydrogens is 206 g/mol. The number of fused-ring (bicyclic) bond motifs is 1. The van der Waals surface area contributed by atoms with E-state index in [0.29, 0.717) is 0 Å². The SMILES string of the molecule is COC(=O)C1(C)C=C2C(=C(C)C2C)C(=O)N1. The maximum atomic E-state index is 11.8. The fourth-order valence-electron chi connectivity index (χ4n) is 2.29. The Kier molecular flexibility index (Phi) is 2.19. The molecule has 0 bridgehead atoms. The highest BCUT2D eigenvalue weighted by atomic mass is 16.5. The van der Waals surface area contributed by atoms with Crippen LogP contribution in [0.4, 0.5) is 0 Å². The van der Waals surface area contributed by atoms with Crippen LogP contribution in [-0.2, 0) is 14.3 Å². The lowest BCUT2D eigenvalue weighted by atomic mass is 9.70. The van der Waals surface area contributed by atoms with Gasteiger partial charge in [0.1, 0.15) is 0 Å². The molecule has 16 heavy (non-hydrogen) atoms. The van der Waals surface area contributed by atoms with Crippen molar-refractivity contribution in [3.8, 4) is 0 Å². The van der Waals surface area contributed by atoms with Crippen LogP contribution in [0.3, 0.4) is 0 Å². The van der Waals surface area contributed by atoms with Gasteiger partial charge in [-0.1, -0.05) is 12.5 Å². The lowest BCUT2D eigenvalue weighted by molar-refractivity contribution is -0.147. The molecule has 86 valence electrons. The molecule has 1 aliphatic carbocycles. The second-order valence-electron chi connectivity index (χ2n) is 4.53. The van der Waals surface area contributed by atoms with Gasteiger partial charge in [0.25, 0.3) is 5.91 Å². The average Bonchev–Trinajstić information content (AvgIpc) is 2.26. The summed E-state index contributed by atoms with van der Waals surface area (Å²) in [5.74, 6) is -0.366. The number of rotatable bonds is 1. The summed E-state index contributed by atoms with van der Waals surface area (Å²) >= 11 is 0. The van der Waals surface area contributed by atoms with E-state index in [-0.39, 0.29) is 11.8 Å². The topological polar surface area (TPSA) is 55.4 Å². The van der Waals surface area contributed by atoms with E-state index in [9.17, 15) is 9.59 Å². The highest BCUT2D eigenvalue weighted by molar-refractivity contribution is 6.07. The summed E-state index contributed by atoms with van der Waals surface area (Å²) in [6.45, 7) is 5.62. The molecule has 0 fully saturated rings. The molecule has 1 amide bonds. The van der Waals surface area contributed by atoms with Crippen molar-refractivity contribution in [3.63, 3.8) is 0 Å². The zero-order valence-electron chi connectivity index (χ0n) is 9.88. The first-order valence-corrected chi connectivity index (χ1v) is 5.25. The molecule has 1 N–H and O–H groups in total. The molecule has 0 radical (unpaired) electrons. The van der Waals surface area contributed by atoms with Gasteiger partial charge < -0.3 is 10.1 Å². The maximum absolute atomic E-state index is 11.8. The second kappa shape index (κ2) is 3.20. The Balaban J connectivity index is 2.46. The van der Waals surface area contributed by atoms with Gasteiger partial charge in [-0.15, -0.1) is 0 Å². The highest BCUT2D eigenvalue weighted by Gasteiger charge is 2.45. The van der Waals surface area contributed by atoms with Crippen molar-refractivity contribution < 1.29 is 14.3 Å². The summed E-state index contributed by atoms with van der Waals surface area (Å²) in [5.41, 5.74) is 1.73. The summed E-state index contributed by atoms with van der Waals surface area (Å²) in [7, 11) is 1.32. The van der Waals surface area contributed by atoms with E-state index in [1.165, 1.54) is 7.11 Å². The lowest BCUT2D eigenvalue weighted by Gasteiger charge is -2.40. The summed E-state index contributed by atoms with van der Waals surface area (Å²) in [6.07, 6.45) is 1.80. The largest absolute Gasteiger partial charge is 0.467 e. The summed E-state index contributed by atoms with van der Waals surface area (Å²) in [4.78, 5) is 23.4. The third-order valence-electron chi connectivity index (χ3n) is 3.45. The molecule has 0 spiro atoms. The average molecular weight is 221 g/mol. The molecule has 0 aromatic heterocycles. The monoisotopic (exact) mass is 221 g/mol. The summed E-state index contributed by atoms with van der Waals surface area (Å²) < 4.78 is 4.70. The zero-order chi connectivity index (χ0) is 12.1. The van der Waals surface area contributed by atoms with E-state index in [1.807, 2.05) is 13.8 Å². The normalized spacial score (nSPS) is 32.4. The van der Waals surface area contributed by atoms with Crippen LogP contribution in [-0.4, -0.2) is 24.5 Å². The molecular formula is C12H15NO3. The Morgan fingerprint density at radius 2 is 2.19 bits per heavy atom. The van der Waals surface area contributed by atoms with E-state index in [0.717, 1.165) is 16.7 Å². The predicted octanol–water partition coefficient (Wildman–Crippen LogP) is 0.940. The van der Waals surface area contributed by atoms with Crippen LogP contribution in [0.1, 0.15) is 20.8 Å². The van der Waals surface area contributed by atoms with Crippen molar-refractivity contribution in [2.24, 2.45) is 5.92 Å². The number of ether oxygens (including phenoxy) is 1. The van der Waals surface area contributed by atoms with Crippen molar-refractivity contribution in [1.82, 2.24) is 5.32 Å². The van der Waals surface area contributed by atoms with Gasteiger partial charge >= 0.3 is 5.97 Å². The molecule has 1 heterocycles. The van der Waals surface area contributed by atoms with Crippen LogP contribution < -0.4 is 5.32 Å². The smallest absolute Gasteiger partial charge is 0.335 e. The minimum Gasteiger partial charge on any atom is -0.467 e. The quantitative estimate of drug-likeness (QED) is 0.670. The second-order valence-corrected chi connectivity index (χ2v) is 4.53. The third-order valence-corrected chi connectivity index (χ3v) is 3.45. The number of hydrogen-bond donors (Lipinski definition) is 1. The van der Waals surface area contributed by atoms with Crippen LogP contribution in [0.25, 0.3) is 0 Å². The number of hydrogen-bond acceptors (Lipinski definition) is 3. The lowest BCUT2D eigenvalue weighted by Crippen LogP contribution is -2.56. The van der Waals surface area contributed by atoms with Gasteiger partial charge in [0.05, 0.1) is 7.11 Å². The molecule has 0 aromatic carbocycles. The van der Waals surface area contributed by atoms with Gasteiger partial charge in [-0.25, -0.2) is 4.79 Å². The van der Waals surface area contributed by atoms with Crippen molar-refractivity contribution in [3.05, 3.63) is 22.8 Å². The first-order valence-electron chi connectivity index (χ1n) is 5.25. The number of allylic oxidation sites excluding steroid dienone is 1. The number of esters is 1. The Bertz CT molecular complexity index is 447. The van der Waals surface area contributed by atoms with Crippen LogP contribution in [0.5, 0.6) is 0 Å². The van der Waals surface area contributed by atoms with Crippen LogP contribution >= 0.6 is 0 Å². The fourth-order valence-corrected chi connectivity index (χ4v) is 2.29. The standard InChI is InChI=1S/C12H15NO3/c1-6-7(2)9-8(6)5-12(3,11(15)16-4)13-10(9)14/h5-6H,1-4H3,(H,13,14). The summed E-state index contributed by atoms with van der Waals surface area (Å²) in [6, 6.07) is 0. The molecule has 2 aliphatic rings. The van der Waals surface area contributed by atoms with Crippen LogP contribution in [0, 0.1) is 5.92 Å². The number of nitrogens with one attached hydrogen (secondary N) is 1. The Morgan fingerprint density at radius 3 is 2.75 bits per heavy atom. The molecule has 0 saturated heterocycles. The van der Waals surface area contributed by atoms with E-state index >= 15 is 0 Å². The molecule has 2 atom stereocenters. The first-order chi connectivity index (χ1) is 7.40. The maximum Gasteiger partial charge on any atom is 0.335 e. The molecule has 2 rings (SSSR count).